The van der Waals surface area contributed by atoms with Gasteiger partial charge in [0.2, 0.25) is 11.6 Å². The van der Waals surface area contributed by atoms with E-state index < -0.39 is 11.6 Å². The van der Waals surface area contributed by atoms with Crippen molar-refractivity contribution in [3.05, 3.63) is 29.8 Å². The summed E-state index contributed by atoms with van der Waals surface area (Å²) in [6, 6.07) is 8.57. The number of rotatable bonds is 5. The van der Waals surface area contributed by atoms with Crippen molar-refractivity contribution in [3.8, 4) is 5.75 Å². The molecule has 5 aliphatic carbocycles. The van der Waals surface area contributed by atoms with Gasteiger partial charge < -0.3 is 15.2 Å². The predicted molar refractivity (Wildman–Crippen MR) is 113 cm³/mol. The highest BCUT2D eigenvalue weighted by Crippen LogP contribution is 2.64. The first-order valence-corrected chi connectivity index (χ1v) is 12.2. The standard InChI is InChI=1S/C25H35NO4/c26-9-2-10-27-23-6-4-19(5-7-23)20-3-1-8-24(16-20)28-25(30-29-24)21-12-17-11-18(14-21)15-22(25)13-17/h4-7,17-18,20-22H,1-3,8-16,26H2/t17?,18?,20-,21?,22?,24-,25?/m1/s1. The molecule has 1 aromatic rings. The lowest BCUT2D eigenvalue weighted by atomic mass is 9.53. The Morgan fingerprint density at radius 1 is 0.967 bits per heavy atom. The molecule has 1 heterocycles. The number of hydrogen-bond acceptors (Lipinski definition) is 5. The van der Waals surface area contributed by atoms with Crippen LogP contribution in [0.2, 0.25) is 0 Å². The van der Waals surface area contributed by atoms with Crippen LogP contribution in [0.15, 0.2) is 24.3 Å². The van der Waals surface area contributed by atoms with Crippen LogP contribution in [0.5, 0.6) is 5.75 Å². The van der Waals surface area contributed by atoms with Gasteiger partial charge in [-0.05, 0) is 93.4 Å². The molecule has 4 bridgehead atoms. The Bertz CT molecular complexity index is 737. The zero-order valence-electron chi connectivity index (χ0n) is 17.9. The average Bonchev–Trinajstić information content (AvgIpc) is 3.12. The molecule has 164 valence electrons. The van der Waals surface area contributed by atoms with Crippen LogP contribution in [-0.2, 0) is 14.5 Å². The predicted octanol–water partition coefficient (Wildman–Crippen LogP) is 4.90. The van der Waals surface area contributed by atoms with Gasteiger partial charge in [-0.3, -0.25) is 0 Å². The summed E-state index contributed by atoms with van der Waals surface area (Å²) in [5.41, 5.74) is 6.89. The van der Waals surface area contributed by atoms with Crippen LogP contribution in [0.1, 0.15) is 75.7 Å². The van der Waals surface area contributed by atoms with E-state index in [2.05, 4.69) is 24.3 Å². The molecule has 0 aromatic heterocycles. The lowest BCUT2D eigenvalue weighted by Gasteiger charge is -2.57. The minimum Gasteiger partial charge on any atom is -0.494 e. The molecule has 1 aromatic carbocycles. The largest absolute Gasteiger partial charge is 0.494 e. The van der Waals surface area contributed by atoms with Crippen molar-refractivity contribution in [2.45, 2.75) is 81.7 Å². The molecule has 1 saturated heterocycles. The molecule has 2 N–H and O–H groups in total. The van der Waals surface area contributed by atoms with Crippen LogP contribution in [0, 0.1) is 23.7 Å². The summed E-state index contributed by atoms with van der Waals surface area (Å²) in [4.78, 5) is 12.4. The van der Waals surface area contributed by atoms with Gasteiger partial charge in [-0.15, -0.1) is 0 Å². The smallest absolute Gasteiger partial charge is 0.210 e. The fourth-order valence-electron chi connectivity index (χ4n) is 7.37. The number of ether oxygens (including phenoxy) is 2. The van der Waals surface area contributed by atoms with Crippen LogP contribution in [-0.4, -0.2) is 24.7 Å². The van der Waals surface area contributed by atoms with Gasteiger partial charge in [0, 0.05) is 24.7 Å². The van der Waals surface area contributed by atoms with E-state index in [1.165, 1.54) is 44.1 Å². The van der Waals surface area contributed by atoms with E-state index in [-0.39, 0.29) is 0 Å². The molecule has 30 heavy (non-hydrogen) atoms. The van der Waals surface area contributed by atoms with Gasteiger partial charge in [-0.1, -0.05) is 12.1 Å². The minimum atomic E-state index is -0.561. The molecular weight excluding hydrogens is 378 g/mol. The third-order valence-corrected chi connectivity index (χ3v) is 8.58. The van der Waals surface area contributed by atoms with Crippen LogP contribution in [0.3, 0.4) is 0 Å². The monoisotopic (exact) mass is 413 g/mol. The molecule has 5 nitrogen and oxygen atoms in total. The van der Waals surface area contributed by atoms with Crippen LogP contribution in [0.4, 0.5) is 0 Å². The molecule has 6 aliphatic rings. The Morgan fingerprint density at radius 2 is 1.70 bits per heavy atom. The number of nitrogens with two attached hydrogens (primary N) is 1. The lowest BCUT2D eigenvalue weighted by molar-refractivity contribution is -0.390. The first-order chi connectivity index (χ1) is 14.7. The normalized spacial score (nSPS) is 44.2. The highest BCUT2D eigenvalue weighted by molar-refractivity contribution is 5.30. The van der Waals surface area contributed by atoms with Gasteiger partial charge in [-0.25, -0.2) is 0 Å². The van der Waals surface area contributed by atoms with Crippen molar-refractivity contribution in [3.63, 3.8) is 0 Å². The Hall–Kier alpha value is -1.14. The lowest BCUT2D eigenvalue weighted by Crippen LogP contribution is -2.59. The molecule has 2 atom stereocenters. The molecule has 5 heteroatoms. The Kier molecular flexibility index (Phi) is 4.87. The van der Waals surface area contributed by atoms with E-state index in [0.717, 1.165) is 43.3 Å². The van der Waals surface area contributed by atoms with Crippen molar-refractivity contribution in [2.24, 2.45) is 29.4 Å². The molecule has 0 amide bonds. The van der Waals surface area contributed by atoms with E-state index >= 15 is 0 Å². The first kappa shape index (κ1) is 19.5. The Balaban J connectivity index is 1.15. The maximum Gasteiger partial charge on any atom is 0.210 e. The van der Waals surface area contributed by atoms with Crippen LogP contribution in [0.25, 0.3) is 0 Å². The summed E-state index contributed by atoms with van der Waals surface area (Å²) in [5, 5.41) is 0. The highest BCUT2D eigenvalue weighted by atomic mass is 17.3. The molecule has 5 saturated carbocycles. The van der Waals surface area contributed by atoms with Gasteiger partial charge in [0.1, 0.15) is 5.75 Å². The third kappa shape index (κ3) is 3.21. The van der Waals surface area contributed by atoms with Crippen molar-refractivity contribution in [2.75, 3.05) is 13.2 Å². The van der Waals surface area contributed by atoms with E-state index in [1.54, 1.807) is 0 Å². The Morgan fingerprint density at radius 3 is 2.40 bits per heavy atom. The van der Waals surface area contributed by atoms with Gasteiger partial charge in [-0.2, -0.15) is 9.78 Å². The van der Waals surface area contributed by atoms with Crippen LogP contribution < -0.4 is 10.5 Å². The molecule has 0 radical (unpaired) electrons. The molecule has 0 unspecified atom stereocenters. The van der Waals surface area contributed by atoms with E-state index in [9.17, 15) is 0 Å². The van der Waals surface area contributed by atoms with Gasteiger partial charge >= 0.3 is 0 Å². The average molecular weight is 414 g/mol. The second kappa shape index (κ2) is 7.47. The van der Waals surface area contributed by atoms with E-state index in [4.69, 9.17) is 25.0 Å². The summed E-state index contributed by atoms with van der Waals surface area (Å²) in [6.45, 7) is 1.34. The molecule has 6 fully saturated rings. The summed E-state index contributed by atoms with van der Waals surface area (Å²) < 4.78 is 12.7. The van der Waals surface area contributed by atoms with E-state index in [1.807, 2.05) is 0 Å². The van der Waals surface area contributed by atoms with Crippen molar-refractivity contribution in [1.82, 2.24) is 0 Å². The quantitative estimate of drug-likeness (QED) is 0.549. The summed E-state index contributed by atoms with van der Waals surface area (Å²) >= 11 is 0. The molecular formula is C25H35NO4. The number of hydrogen-bond donors (Lipinski definition) is 1. The number of benzene rings is 1. The van der Waals surface area contributed by atoms with Gasteiger partial charge in [0.25, 0.3) is 0 Å². The highest BCUT2D eigenvalue weighted by Gasteiger charge is 2.67. The molecule has 7 rings (SSSR count). The minimum absolute atomic E-state index is 0.437. The zero-order chi connectivity index (χ0) is 20.2. The fraction of sp³-hybridized carbons (Fsp3) is 0.760. The second-order valence-corrected chi connectivity index (χ2v) is 10.6. The van der Waals surface area contributed by atoms with Crippen LogP contribution >= 0.6 is 0 Å². The van der Waals surface area contributed by atoms with Crippen molar-refractivity contribution in [1.29, 1.82) is 0 Å². The van der Waals surface area contributed by atoms with Crippen molar-refractivity contribution < 1.29 is 19.2 Å². The topological polar surface area (TPSA) is 62.9 Å². The van der Waals surface area contributed by atoms with Gasteiger partial charge in [0.05, 0.1) is 6.61 Å². The van der Waals surface area contributed by atoms with Crippen molar-refractivity contribution >= 4 is 0 Å². The zero-order valence-corrected chi connectivity index (χ0v) is 17.9. The summed E-state index contributed by atoms with van der Waals surface area (Å²) in [7, 11) is 0. The van der Waals surface area contributed by atoms with E-state index in [0.29, 0.717) is 30.9 Å². The fourth-order valence-corrected chi connectivity index (χ4v) is 7.37. The maximum absolute atomic E-state index is 6.91. The second-order valence-electron chi connectivity index (χ2n) is 10.6. The summed E-state index contributed by atoms with van der Waals surface area (Å²) in [6.07, 6.45) is 11.5. The SMILES string of the molecule is NCCCOc1ccc([C@@H]2CCC[C@]3(C2)OOC2(O3)C3CC4CC(C3)CC2C4)cc1. The Labute approximate surface area is 179 Å². The molecule has 2 spiro atoms. The first-order valence-electron chi connectivity index (χ1n) is 12.2. The summed E-state index contributed by atoms with van der Waals surface area (Å²) in [5.74, 6) is 3.18. The maximum atomic E-state index is 6.91. The molecule has 1 aliphatic heterocycles. The van der Waals surface area contributed by atoms with Gasteiger partial charge in [0.15, 0.2) is 0 Å². The third-order valence-electron chi connectivity index (χ3n) is 8.58.